The summed E-state index contributed by atoms with van der Waals surface area (Å²) in [5, 5.41) is 0. The number of halogens is 1. The van der Waals surface area contributed by atoms with Crippen LogP contribution in [0.3, 0.4) is 0 Å². The molecule has 23 heavy (non-hydrogen) atoms. The Balaban J connectivity index is 1.71. The van der Waals surface area contributed by atoms with E-state index in [0.717, 1.165) is 25.8 Å². The summed E-state index contributed by atoms with van der Waals surface area (Å²) in [5.74, 6) is -0.554. The first-order chi connectivity index (χ1) is 11.1. The maximum Gasteiger partial charge on any atom is 0.228 e. The van der Waals surface area contributed by atoms with Gasteiger partial charge in [-0.3, -0.25) is 9.59 Å². The molecule has 2 heterocycles. The predicted octanol–water partition coefficient (Wildman–Crippen LogP) is 2.97. The number of rotatable bonds is 3. The molecule has 2 amide bonds. The van der Waals surface area contributed by atoms with Gasteiger partial charge >= 0.3 is 0 Å². The summed E-state index contributed by atoms with van der Waals surface area (Å²) in [6, 6.07) is 6.18. The van der Waals surface area contributed by atoms with Crippen molar-refractivity contribution < 1.29 is 14.0 Å². The number of nitrogens with zero attached hydrogens (tertiary/aromatic N) is 2. The smallest absolute Gasteiger partial charge is 0.228 e. The Morgan fingerprint density at radius 2 is 2.00 bits per heavy atom. The Morgan fingerprint density at radius 1 is 1.26 bits per heavy atom. The van der Waals surface area contributed by atoms with Gasteiger partial charge in [0, 0.05) is 31.2 Å². The van der Waals surface area contributed by atoms with Crippen molar-refractivity contribution in [3.63, 3.8) is 0 Å². The second-order valence-corrected chi connectivity index (χ2v) is 6.47. The standard InChI is InChI=1S/C18H23FN2O2/c1-2-15-5-3-4-10-20(15)18(23)13-11-17(22)21(12-13)16-8-6-14(19)7-9-16/h6-9,13,15H,2-5,10-12H2,1H3/t13-,15+/m1/s1. The Hall–Kier alpha value is -1.91. The summed E-state index contributed by atoms with van der Waals surface area (Å²) >= 11 is 0. The summed E-state index contributed by atoms with van der Waals surface area (Å²) in [5.41, 5.74) is 0.664. The van der Waals surface area contributed by atoms with E-state index in [1.807, 2.05) is 4.90 Å². The second kappa shape index (κ2) is 6.69. The lowest BCUT2D eigenvalue weighted by atomic mass is 9.97. The number of carbonyl (C=O) groups excluding carboxylic acids is 2. The zero-order chi connectivity index (χ0) is 16.4. The molecule has 1 aromatic rings. The van der Waals surface area contributed by atoms with Gasteiger partial charge in [0.2, 0.25) is 11.8 Å². The van der Waals surface area contributed by atoms with E-state index in [1.54, 1.807) is 17.0 Å². The highest BCUT2D eigenvalue weighted by molar-refractivity contribution is 6.00. The molecule has 2 atom stereocenters. The van der Waals surface area contributed by atoms with Crippen molar-refractivity contribution in [1.29, 1.82) is 0 Å². The molecule has 0 spiro atoms. The molecule has 2 aliphatic rings. The Kier molecular flexibility index (Phi) is 4.64. The van der Waals surface area contributed by atoms with Crippen LogP contribution in [0.2, 0.25) is 0 Å². The van der Waals surface area contributed by atoms with Gasteiger partial charge in [0.15, 0.2) is 0 Å². The van der Waals surface area contributed by atoms with E-state index >= 15 is 0 Å². The van der Waals surface area contributed by atoms with Gasteiger partial charge in [-0.25, -0.2) is 4.39 Å². The van der Waals surface area contributed by atoms with E-state index in [1.165, 1.54) is 18.6 Å². The maximum absolute atomic E-state index is 13.0. The molecule has 2 fully saturated rings. The summed E-state index contributed by atoms with van der Waals surface area (Å²) < 4.78 is 13.0. The van der Waals surface area contributed by atoms with Gasteiger partial charge < -0.3 is 9.80 Å². The minimum absolute atomic E-state index is 0.0555. The average molecular weight is 318 g/mol. The molecule has 0 aromatic heterocycles. The van der Waals surface area contributed by atoms with Crippen molar-refractivity contribution in [2.75, 3.05) is 18.0 Å². The summed E-state index contributed by atoms with van der Waals surface area (Å²) in [6.45, 7) is 3.32. The molecule has 0 saturated carbocycles. The molecule has 0 unspecified atom stereocenters. The van der Waals surface area contributed by atoms with Gasteiger partial charge in [0.25, 0.3) is 0 Å². The monoisotopic (exact) mass is 318 g/mol. The first-order valence-corrected chi connectivity index (χ1v) is 8.46. The van der Waals surface area contributed by atoms with Crippen LogP contribution in [0.4, 0.5) is 10.1 Å². The zero-order valence-electron chi connectivity index (χ0n) is 13.5. The fraction of sp³-hybridized carbons (Fsp3) is 0.556. The molecule has 1 aromatic carbocycles. The average Bonchev–Trinajstić information content (AvgIpc) is 2.96. The van der Waals surface area contributed by atoms with E-state index in [9.17, 15) is 14.0 Å². The van der Waals surface area contributed by atoms with Crippen LogP contribution in [0.15, 0.2) is 24.3 Å². The van der Waals surface area contributed by atoms with E-state index in [4.69, 9.17) is 0 Å². The number of hydrogen-bond donors (Lipinski definition) is 0. The van der Waals surface area contributed by atoms with Crippen molar-refractivity contribution >= 4 is 17.5 Å². The molecule has 0 bridgehead atoms. The van der Waals surface area contributed by atoms with Crippen LogP contribution in [-0.2, 0) is 9.59 Å². The Bertz CT molecular complexity index is 587. The maximum atomic E-state index is 13.0. The molecule has 2 aliphatic heterocycles. The molecule has 2 saturated heterocycles. The van der Waals surface area contributed by atoms with Gasteiger partial charge in [0.05, 0.1) is 5.92 Å². The molecule has 0 radical (unpaired) electrons. The lowest BCUT2D eigenvalue weighted by Gasteiger charge is -2.36. The van der Waals surface area contributed by atoms with Crippen LogP contribution in [0, 0.1) is 11.7 Å². The number of anilines is 1. The molecule has 5 heteroatoms. The van der Waals surface area contributed by atoms with Gasteiger partial charge in [-0.1, -0.05) is 6.92 Å². The number of piperidine rings is 1. The van der Waals surface area contributed by atoms with Crippen molar-refractivity contribution in [3.05, 3.63) is 30.1 Å². The van der Waals surface area contributed by atoms with Gasteiger partial charge in [-0.2, -0.15) is 0 Å². The largest absolute Gasteiger partial charge is 0.339 e. The lowest BCUT2D eigenvalue weighted by molar-refractivity contribution is -0.139. The summed E-state index contributed by atoms with van der Waals surface area (Å²) in [4.78, 5) is 28.7. The molecule has 3 rings (SSSR count). The minimum Gasteiger partial charge on any atom is -0.339 e. The highest BCUT2D eigenvalue weighted by Crippen LogP contribution is 2.29. The van der Waals surface area contributed by atoms with Crippen LogP contribution in [-0.4, -0.2) is 35.8 Å². The number of carbonyl (C=O) groups is 2. The van der Waals surface area contributed by atoms with Crippen LogP contribution < -0.4 is 4.90 Å². The first kappa shape index (κ1) is 16.0. The zero-order valence-corrected chi connectivity index (χ0v) is 13.5. The minimum atomic E-state index is -0.327. The molecular weight excluding hydrogens is 295 g/mol. The van der Waals surface area contributed by atoms with E-state index in [2.05, 4.69) is 6.92 Å². The first-order valence-electron chi connectivity index (χ1n) is 8.46. The quantitative estimate of drug-likeness (QED) is 0.859. The van der Waals surface area contributed by atoms with Gasteiger partial charge in [-0.05, 0) is 49.9 Å². The second-order valence-electron chi connectivity index (χ2n) is 6.47. The highest BCUT2D eigenvalue weighted by atomic mass is 19.1. The number of likely N-dealkylation sites (tertiary alicyclic amines) is 1. The molecule has 0 N–H and O–H groups in total. The lowest BCUT2D eigenvalue weighted by Crippen LogP contribution is -2.46. The molecule has 124 valence electrons. The highest BCUT2D eigenvalue weighted by Gasteiger charge is 2.39. The van der Waals surface area contributed by atoms with Gasteiger partial charge in [0.1, 0.15) is 5.82 Å². The van der Waals surface area contributed by atoms with E-state index in [-0.39, 0.29) is 30.0 Å². The number of benzene rings is 1. The molecule has 4 nitrogen and oxygen atoms in total. The predicted molar refractivity (Wildman–Crippen MR) is 86.5 cm³/mol. The molecule has 0 aliphatic carbocycles. The third kappa shape index (κ3) is 3.23. The van der Waals surface area contributed by atoms with Crippen LogP contribution in [0.1, 0.15) is 39.0 Å². The fourth-order valence-corrected chi connectivity index (χ4v) is 3.69. The summed E-state index contributed by atoms with van der Waals surface area (Å²) in [7, 11) is 0. The number of amides is 2. The van der Waals surface area contributed by atoms with E-state index < -0.39 is 0 Å². The third-order valence-corrected chi connectivity index (χ3v) is 4.99. The van der Waals surface area contributed by atoms with Crippen LogP contribution in [0.5, 0.6) is 0 Å². The summed E-state index contributed by atoms with van der Waals surface area (Å²) in [6.07, 6.45) is 4.50. The normalized spacial score (nSPS) is 25.0. The van der Waals surface area contributed by atoms with Crippen molar-refractivity contribution in [2.24, 2.45) is 5.92 Å². The topological polar surface area (TPSA) is 40.6 Å². The Morgan fingerprint density at radius 3 is 2.70 bits per heavy atom. The van der Waals surface area contributed by atoms with Gasteiger partial charge in [-0.15, -0.1) is 0 Å². The van der Waals surface area contributed by atoms with Crippen LogP contribution in [0.25, 0.3) is 0 Å². The number of hydrogen-bond acceptors (Lipinski definition) is 2. The van der Waals surface area contributed by atoms with E-state index in [0.29, 0.717) is 18.3 Å². The van der Waals surface area contributed by atoms with Crippen molar-refractivity contribution in [2.45, 2.75) is 45.1 Å². The SMILES string of the molecule is CC[C@H]1CCCCN1C(=O)[C@@H]1CC(=O)N(c2ccc(F)cc2)C1. The van der Waals surface area contributed by atoms with Crippen molar-refractivity contribution in [3.8, 4) is 0 Å². The fourth-order valence-electron chi connectivity index (χ4n) is 3.69. The van der Waals surface area contributed by atoms with Crippen molar-refractivity contribution in [1.82, 2.24) is 4.90 Å². The van der Waals surface area contributed by atoms with Crippen LogP contribution >= 0.6 is 0 Å². The Labute approximate surface area is 136 Å². The molecular formula is C18H23FN2O2. The third-order valence-electron chi connectivity index (χ3n) is 4.99.